The normalized spacial score (nSPS) is 17.4. The molecule has 7 heteroatoms. The third-order valence-corrected chi connectivity index (χ3v) is 4.27. The number of fused-ring (bicyclic) bond motifs is 1. The zero-order chi connectivity index (χ0) is 18.7. The number of halogens is 3. The third kappa shape index (κ3) is 4.68. The Labute approximate surface area is 152 Å². The van der Waals surface area contributed by atoms with Gasteiger partial charge in [0.2, 0.25) is 0 Å². The molecule has 4 nitrogen and oxygen atoms in total. The van der Waals surface area contributed by atoms with E-state index < -0.39 is 11.5 Å². The van der Waals surface area contributed by atoms with Crippen molar-refractivity contribution >= 4 is 22.6 Å². The van der Waals surface area contributed by atoms with E-state index in [-0.39, 0.29) is 13.0 Å². The third-order valence-electron chi connectivity index (χ3n) is 4.06. The predicted molar refractivity (Wildman–Crippen MR) is 97.0 cm³/mol. The topological polar surface area (TPSA) is 44.8 Å². The molecule has 1 aliphatic heterocycles. The second-order valence-electron chi connectivity index (χ2n) is 6.29. The lowest BCUT2D eigenvalue weighted by Gasteiger charge is -2.40. The van der Waals surface area contributed by atoms with Gasteiger partial charge in [-0.25, -0.2) is 13.8 Å². The Morgan fingerprint density at radius 1 is 1.32 bits per heavy atom. The zero-order valence-corrected chi connectivity index (χ0v) is 15.7. The summed E-state index contributed by atoms with van der Waals surface area (Å²) in [5, 5.41) is 8.01. The minimum atomic E-state index is -2.64. The van der Waals surface area contributed by atoms with Crippen LogP contribution >= 0.6 is 11.6 Å². The van der Waals surface area contributed by atoms with Crippen LogP contribution in [0.5, 0.6) is 0 Å². The molecule has 1 aliphatic rings. The van der Waals surface area contributed by atoms with Crippen molar-refractivity contribution < 1.29 is 8.78 Å². The molecule has 3 rings (SSSR count). The first-order valence-corrected chi connectivity index (χ1v) is 8.81. The molecule has 3 heterocycles. The van der Waals surface area contributed by atoms with Crippen molar-refractivity contribution in [3.05, 3.63) is 23.0 Å². The van der Waals surface area contributed by atoms with E-state index in [9.17, 15) is 8.78 Å². The van der Waals surface area contributed by atoms with Crippen LogP contribution in [0.25, 0.3) is 11.0 Å². The van der Waals surface area contributed by atoms with Gasteiger partial charge >= 0.3 is 0 Å². The van der Waals surface area contributed by atoms with Gasteiger partial charge in [0.05, 0.1) is 17.5 Å². The van der Waals surface area contributed by atoms with Crippen molar-refractivity contribution in [2.45, 2.75) is 52.0 Å². The number of H-pyrrole nitrogens is 1. The molecule has 0 unspecified atom stereocenters. The Hall–Kier alpha value is -1.71. The first kappa shape index (κ1) is 19.6. The number of alkyl halides is 2. The van der Waals surface area contributed by atoms with Gasteiger partial charge in [0, 0.05) is 13.0 Å². The number of hydrogen-bond donors (Lipinski definition) is 1. The van der Waals surface area contributed by atoms with E-state index in [2.05, 4.69) is 27.0 Å². The van der Waals surface area contributed by atoms with Crippen LogP contribution in [0.15, 0.2) is 12.1 Å². The van der Waals surface area contributed by atoms with Gasteiger partial charge in [0.15, 0.2) is 5.65 Å². The SMILES string of the molecule is CC.CC(C)(C#Cc1[nH]nc2nc(Cl)ccc12)N1CCCC(F)(F)C1. The highest BCUT2D eigenvalue weighted by Gasteiger charge is 2.40. The van der Waals surface area contributed by atoms with Crippen LogP contribution in [0.1, 0.15) is 46.2 Å². The molecule has 0 bridgehead atoms. The predicted octanol–water partition coefficient (Wildman–Crippen LogP) is 4.50. The molecule has 0 aromatic carbocycles. The Bertz CT molecular complexity index is 789. The van der Waals surface area contributed by atoms with E-state index in [1.807, 2.05) is 27.7 Å². The quantitative estimate of drug-likeness (QED) is 0.595. The average Bonchev–Trinajstić information content (AvgIpc) is 2.96. The lowest BCUT2D eigenvalue weighted by atomic mass is 9.97. The summed E-state index contributed by atoms with van der Waals surface area (Å²) in [6.07, 6.45) is 0.429. The Kier molecular flexibility index (Phi) is 6.02. The Morgan fingerprint density at radius 2 is 2.04 bits per heavy atom. The fourth-order valence-electron chi connectivity index (χ4n) is 2.71. The fourth-order valence-corrected chi connectivity index (χ4v) is 2.85. The van der Waals surface area contributed by atoms with Gasteiger partial charge in [-0.1, -0.05) is 31.4 Å². The van der Waals surface area contributed by atoms with Crippen LogP contribution in [0.3, 0.4) is 0 Å². The maximum Gasteiger partial charge on any atom is 0.260 e. The molecule has 0 amide bonds. The zero-order valence-electron chi connectivity index (χ0n) is 15.0. The number of nitrogens with one attached hydrogen (secondary N) is 1. The summed E-state index contributed by atoms with van der Waals surface area (Å²) in [6, 6.07) is 3.46. The lowest BCUT2D eigenvalue weighted by molar-refractivity contribution is -0.0802. The number of nitrogens with zero attached hydrogens (tertiary/aromatic N) is 3. The van der Waals surface area contributed by atoms with Gasteiger partial charge in [-0.3, -0.25) is 10.00 Å². The number of likely N-dealkylation sites (tertiary alicyclic amines) is 1. The van der Waals surface area contributed by atoms with Gasteiger partial charge in [0.1, 0.15) is 10.8 Å². The Morgan fingerprint density at radius 3 is 2.72 bits per heavy atom. The molecule has 2 aromatic rings. The first-order chi connectivity index (χ1) is 11.8. The van der Waals surface area contributed by atoms with Gasteiger partial charge in [-0.2, -0.15) is 5.10 Å². The summed E-state index contributed by atoms with van der Waals surface area (Å²) >= 11 is 5.83. The smallest absolute Gasteiger partial charge is 0.260 e. The monoisotopic (exact) mass is 368 g/mol. The summed E-state index contributed by atoms with van der Waals surface area (Å²) in [4.78, 5) is 5.83. The largest absolute Gasteiger partial charge is 0.282 e. The summed E-state index contributed by atoms with van der Waals surface area (Å²) in [6.45, 7) is 8.08. The minimum Gasteiger partial charge on any atom is -0.282 e. The molecule has 136 valence electrons. The summed E-state index contributed by atoms with van der Waals surface area (Å²) < 4.78 is 27.2. The summed E-state index contributed by atoms with van der Waals surface area (Å²) in [5.41, 5.74) is 0.450. The minimum absolute atomic E-state index is 0.0510. The highest BCUT2D eigenvalue weighted by atomic mass is 35.5. The Balaban J connectivity index is 0.00000109. The molecular weight excluding hydrogens is 346 g/mol. The molecule has 0 saturated carbocycles. The van der Waals surface area contributed by atoms with E-state index in [1.165, 1.54) is 0 Å². The van der Waals surface area contributed by atoms with Crippen molar-refractivity contribution in [1.29, 1.82) is 0 Å². The van der Waals surface area contributed by atoms with Gasteiger partial charge in [0.25, 0.3) is 5.92 Å². The van der Waals surface area contributed by atoms with Crippen LogP contribution in [0.4, 0.5) is 8.78 Å². The van der Waals surface area contributed by atoms with Crippen molar-refractivity contribution in [3.8, 4) is 11.8 Å². The molecule has 1 fully saturated rings. The molecule has 0 atom stereocenters. The van der Waals surface area contributed by atoms with Gasteiger partial charge in [-0.05, 0) is 38.3 Å². The molecule has 0 aliphatic carbocycles. The number of rotatable bonds is 1. The molecule has 0 spiro atoms. The molecular formula is C18H23ClF2N4. The maximum atomic E-state index is 13.6. The van der Waals surface area contributed by atoms with E-state index >= 15 is 0 Å². The van der Waals surface area contributed by atoms with Crippen molar-refractivity contribution in [1.82, 2.24) is 20.1 Å². The van der Waals surface area contributed by atoms with E-state index in [1.54, 1.807) is 17.0 Å². The van der Waals surface area contributed by atoms with Crippen LogP contribution in [-0.4, -0.2) is 44.6 Å². The summed E-state index contributed by atoms with van der Waals surface area (Å²) in [7, 11) is 0. The fraction of sp³-hybridized carbons (Fsp3) is 0.556. The second kappa shape index (κ2) is 7.67. The van der Waals surface area contributed by atoms with Crippen molar-refractivity contribution in [2.75, 3.05) is 13.1 Å². The van der Waals surface area contributed by atoms with Crippen LogP contribution in [-0.2, 0) is 0 Å². The van der Waals surface area contributed by atoms with Gasteiger partial charge < -0.3 is 0 Å². The number of pyridine rings is 1. The van der Waals surface area contributed by atoms with Crippen LogP contribution in [0, 0.1) is 11.8 Å². The molecule has 1 N–H and O–H groups in total. The molecule has 25 heavy (non-hydrogen) atoms. The van der Waals surface area contributed by atoms with E-state index in [4.69, 9.17) is 11.6 Å². The van der Waals surface area contributed by atoms with Crippen molar-refractivity contribution in [3.63, 3.8) is 0 Å². The lowest BCUT2D eigenvalue weighted by Crippen LogP contribution is -2.52. The van der Waals surface area contributed by atoms with E-state index in [0.29, 0.717) is 29.5 Å². The van der Waals surface area contributed by atoms with Crippen LogP contribution < -0.4 is 0 Å². The number of piperidine rings is 1. The average molecular weight is 369 g/mol. The number of hydrogen-bond acceptors (Lipinski definition) is 3. The highest BCUT2D eigenvalue weighted by molar-refractivity contribution is 6.29. The summed E-state index contributed by atoms with van der Waals surface area (Å²) in [5.74, 6) is 3.46. The standard InChI is InChI=1S/C16H17ClF2N4.C2H6/c1-15(2,23-9-3-7-16(18,19)10-23)8-6-12-11-4-5-13(17)20-14(11)22-21-12;1-2/h4-5H,3,7,9-10H2,1-2H3,(H,20,21,22);1-2H3. The molecule has 1 saturated heterocycles. The first-order valence-electron chi connectivity index (χ1n) is 8.44. The van der Waals surface area contributed by atoms with Crippen LogP contribution in [0.2, 0.25) is 5.15 Å². The van der Waals surface area contributed by atoms with Crippen molar-refractivity contribution in [2.24, 2.45) is 0 Å². The number of aromatic amines is 1. The molecule has 2 aromatic heterocycles. The molecule has 0 radical (unpaired) electrons. The van der Waals surface area contributed by atoms with E-state index in [0.717, 1.165) is 5.39 Å². The highest BCUT2D eigenvalue weighted by Crippen LogP contribution is 2.30. The van der Waals surface area contributed by atoms with Gasteiger partial charge in [-0.15, -0.1) is 0 Å². The maximum absolute atomic E-state index is 13.6. The number of aromatic nitrogens is 3. The second-order valence-corrected chi connectivity index (χ2v) is 6.68.